The Morgan fingerprint density at radius 2 is 2.00 bits per heavy atom. The van der Waals surface area contributed by atoms with E-state index in [0.717, 1.165) is 12.1 Å². The van der Waals surface area contributed by atoms with Gasteiger partial charge >= 0.3 is 6.18 Å². The predicted octanol–water partition coefficient (Wildman–Crippen LogP) is 2.77. The van der Waals surface area contributed by atoms with Crippen molar-refractivity contribution < 1.29 is 23.1 Å². The largest absolute Gasteiger partial charge is 0.483 e. The molecular formula is C11H13F3N2O2. The molecule has 4 N–H and O–H groups in total. The van der Waals surface area contributed by atoms with Gasteiger partial charge in [-0.05, 0) is 24.6 Å². The fraction of sp³-hybridized carbons (Fsp3) is 0.273. The maximum atomic E-state index is 12.4. The Labute approximate surface area is 102 Å². The van der Waals surface area contributed by atoms with Gasteiger partial charge in [-0.25, -0.2) is 0 Å². The van der Waals surface area contributed by atoms with Crippen LogP contribution in [-0.4, -0.2) is 17.3 Å². The second kappa shape index (κ2) is 6.63. The Bertz CT molecular complexity index is 431. The van der Waals surface area contributed by atoms with E-state index in [1.807, 2.05) is 0 Å². The molecule has 0 aliphatic carbocycles. The van der Waals surface area contributed by atoms with Gasteiger partial charge in [0.1, 0.15) is 0 Å². The molecule has 1 rings (SSSR count). The molecule has 0 spiro atoms. The number of alkyl halides is 3. The van der Waals surface area contributed by atoms with Gasteiger partial charge in [-0.1, -0.05) is 6.92 Å². The minimum Gasteiger partial charge on any atom is -0.483 e. The molecule has 0 aliphatic rings. The molecule has 0 atom stereocenters. The first-order chi connectivity index (χ1) is 8.27. The van der Waals surface area contributed by atoms with Crippen molar-refractivity contribution >= 4 is 17.9 Å². The van der Waals surface area contributed by atoms with Crippen LogP contribution in [0.15, 0.2) is 18.2 Å². The molecule has 7 heteroatoms. The monoisotopic (exact) mass is 262 g/mol. The zero-order valence-corrected chi connectivity index (χ0v) is 9.58. The van der Waals surface area contributed by atoms with Crippen LogP contribution in [0.3, 0.4) is 0 Å². The number of nitrogens with one attached hydrogen (secondary N) is 1. The van der Waals surface area contributed by atoms with Crippen LogP contribution in [0, 0.1) is 5.41 Å². The van der Waals surface area contributed by atoms with Gasteiger partial charge in [-0.3, -0.25) is 4.79 Å². The maximum absolute atomic E-state index is 12.4. The predicted molar refractivity (Wildman–Crippen MR) is 61.7 cm³/mol. The van der Waals surface area contributed by atoms with Crippen molar-refractivity contribution in [1.29, 1.82) is 5.41 Å². The zero-order chi connectivity index (χ0) is 14.3. The molecule has 0 saturated heterocycles. The van der Waals surface area contributed by atoms with Crippen molar-refractivity contribution in [3.05, 3.63) is 29.3 Å². The van der Waals surface area contributed by atoms with Crippen molar-refractivity contribution in [3.8, 4) is 0 Å². The number of nitrogen functional groups attached to an aromatic ring is 1. The van der Waals surface area contributed by atoms with Gasteiger partial charge in [0, 0.05) is 17.0 Å². The highest BCUT2D eigenvalue weighted by atomic mass is 19.4. The molecule has 0 amide bonds. The molecule has 0 fully saturated rings. The lowest BCUT2D eigenvalue weighted by Crippen LogP contribution is -2.09. The van der Waals surface area contributed by atoms with Gasteiger partial charge in [0.25, 0.3) is 6.47 Å². The summed E-state index contributed by atoms with van der Waals surface area (Å²) >= 11 is 0. The third-order valence-electron chi connectivity index (χ3n) is 2.06. The lowest BCUT2D eigenvalue weighted by molar-refractivity contribution is -0.137. The second-order valence-electron chi connectivity index (χ2n) is 3.24. The SMILES string of the molecule is CCC(=N)c1cc(C(F)(F)F)ccc1N.O=CO. The normalized spacial score (nSPS) is 10.2. The van der Waals surface area contributed by atoms with E-state index in [2.05, 4.69) is 0 Å². The minimum absolute atomic E-state index is 0.110. The Hall–Kier alpha value is -2.05. The molecule has 0 bridgehead atoms. The Morgan fingerprint density at radius 1 is 1.50 bits per heavy atom. The van der Waals surface area contributed by atoms with Crippen LogP contribution in [0.5, 0.6) is 0 Å². The van der Waals surface area contributed by atoms with Crippen molar-refractivity contribution in [3.63, 3.8) is 0 Å². The summed E-state index contributed by atoms with van der Waals surface area (Å²) in [7, 11) is 0. The number of hydrogen-bond donors (Lipinski definition) is 3. The number of anilines is 1. The number of nitrogens with two attached hydrogens (primary N) is 1. The smallest absolute Gasteiger partial charge is 0.416 e. The summed E-state index contributed by atoms with van der Waals surface area (Å²) < 4.78 is 37.1. The third-order valence-corrected chi connectivity index (χ3v) is 2.06. The highest BCUT2D eigenvalue weighted by Crippen LogP contribution is 2.31. The standard InChI is InChI=1S/C10H11F3N2.CH2O2/c1-2-8(14)7-5-6(10(11,12)13)3-4-9(7)15;2-1-3/h3-5,14H,2,15H2,1H3;1H,(H,2,3). The van der Waals surface area contributed by atoms with Gasteiger partial charge in [0.05, 0.1) is 5.56 Å². The van der Waals surface area contributed by atoms with E-state index in [1.54, 1.807) is 6.92 Å². The number of hydrogen-bond acceptors (Lipinski definition) is 3. The molecule has 1 aromatic carbocycles. The van der Waals surface area contributed by atoms with Crippen molar-refractivity contribution in [2.24, 2.45) is 0 Å². The van der Waals surface area contributed by atoms with E-state index >= 15 is 0 Å². The first-order valence-corrected chi connectivity index (χ1v) is 4.90. The first-order valence-electron chi connectivity index (χ1n) is 4.90. The Balaban J connectivity index is 0.000000873. The number of rotatable bonds is 2. The van der Waals surface area contributed by atoms with Crippen LogP contribution in [0.25, 0.3) is 0 Å². The van der Waals surface area contributed by atoms with Crippen LogP contribution < -0.4 is 5.73 Å². The summed E-state index contributed by atoms with van der Waals surface area (Å²) in [6.07, 6.45) is -4.04. The van der Waals surface area contributed by atoms with E-state index in [4.69, 9.17) is 21.0 Å². The molecule has 0 aliphatic heterocycles. The average Bonchev–Trinajstić information content (AvgIpc) is 2.28. The molecule has 0 saturated carbocycles. The number of carbonyl (C=O) groups is 1. The van der Waals surface area contributed by atoms with Gasteiger partial charge < -0.3 is 16.2 Å². The molecule has 18 heavy (non-hydrogen) atoms. The van der Waals surface area contributed by atoms with E-state index in [-0.39, 0.29) is 23.4 Å². The topological polar surface area (TPSA) is 87.2 Å². The molecule has 0 aromatic heterocycles. The van der Waals surface area contributed by atoms with E-state index in [0.29, 0.717) is 6.42 Å². The van der Waals surface area contributed by atoms with E-state index < -0.39 is 11.7 Å². The highest BCUT2D eigenvalue weighted by molar-refractivity contribution is 6.02. The Kier molecular flexibility index (Phi) is 5.87. The first kappa shape index (κ1) is 16.0. The Morgan fingerprint density at radius 3 is 2.39 bits per heavy atom. The van der Waals surface area contributed by atoms with Crippen LogP contribution in [0.2, 0.25) is 0 Å². The molecule has 0 unspecified atom stereocenters. The van der Waals surface area contributed by atoms with Crippen LogP contribution in [-0.2, 0) is 11.0 Å². The van der Waals surface area contributed by atoms with Gasteiger partial charge in [0.15, 0.2) is 0 Å². The molecule has 0 radical (unpaired) electrons. The van der Waals surface area contributed by atoms with Crippen LogP contribution >= 0.6 is 0 Å². The van der Waals surface area contributed by atoms with E-state index in [1.165, 1.54) is 6.07 Å². The molecule has 100 valence electrons. The minimum atomic E-state index is -4.39. The lowest BCUT2D eigenvalue weighted by Gasteiger charge is -2.11. The summed E-state index contributed by atoms with van der Waals surface area (Å²) in [4.78, 5) is 8.36. The molecule has 4 nitrogen and oxygen atoms in total. The molecular weight excluding hydrogens is 249 g/mol. The summed E-state index contributed by atoms with van der Waals surface area (Å²) in [5.74, 6) is 0. The van der Waals surface area contributed by atoms with Gasteiger partial charge in [-0.15, -0.1) is 0 Å². The lowest BCUT2D eigenvalue weighted by atomic mass is 10.0. The quantitative estimate of drug-likeness (QED) is 0.435. The van der Waals surface area contributed by atoms with Crippen molar-refractivity contribution in [2.75, 3.05) is 5.73 Å². The summed E-state index contributed by atoms with van der Waals surface area (Å²) in [6, 6.07) is 3.02. The van der Waals surface area contributed by atoms with E-state index in [9.17, 15) is 13.2 Å². The summed E-state index contributed by atoms with van der Waals surface area (Å²) in [5.41, 5.74) is 5.20. The van der Waals surface area contributed by atoms with Crippen LogP contribution in [0.4, 0.5) is 18.9 Å². The second-order valence-corrected chi connectivity index (χ2v) is 3.24. The summed E-state index contributed by atoms with van der Waals surface area (Å²) in [6.45, 7) is 1.45. The fourth-order valence-corrected chi connectivity index (χ4v) is 1.18. The zero-order valence-electron chi connectivity index (χ0n) is 9.58. The average molecular weight is 262 g/mol. The van der Waals surface area contributed by atoms with Crippen molar-refractivity contribution in [2.45, 2.75) is 19.5 Å². The van der Waals surface area contributed by atoms with Gasteiger partial charge in [0.2, 0.25) is 0 Å². The number of benzene rings is 1. The highest BCUT2D eigenvalue weighted by Gasteiger charge is 2.31. The number of carboxylic acid groups (broad SMARTS) is 1. The van der Waals surface area contributed by atoms with Crippen LogP contribution in [0.1, 0.15) is 24.5 Å². The van der Waals surface area contributed by atoms with Gasteiger partial charge in [-0.2, -0.15) is 13.2 Å². The summed E-state index contributed by atoms with van der Waals surface area (Å²) in [5, 5.41) is 14.4. The fourth-order valence-electron chi connectivity index (χ4n) is 1.18. The van der Waals surface area contributed by atoms with Crippen molar-refractivity contribution in [1.82, 2.24) is 0 Å². The molecule has 1 aromatic rings. The third kappa shape index (κ3) is 4.44. The maximum Gasteiger partial charge on any atom is 0.416 e. The molecule has 0 heterocycles. The number of halogens is 3.